The van der Waals surface area contributed by atoms with E-state index in [2.05, 4.69) is 32.5 Å². The average molecular weight is 374 g/mol. The summed E-state index contributed by atoms with van der Waals surface area (Å²) >= 11 is 0. The lowest BCUT2D eigenvalue weighted by Crippen LogP contribution is -2.44. The van der Waals surface area contributed by atoms with Crippen molar-refractivity contribution in [3.8, 4) is 0 Å². The van der Waals surface area contributed by atoms with Crippen molar-refractivity contribution in [2.24, 2.45) is 5.92 Å². The number of pyridine rings is 1. The fraction of sp³-hybridized carbons (Fsp3) is 0.650. The van der Waals surface area contributed by atoms with E-state index < -0.39 is 0 Å². The Morgan fingerprint density at radius 1 is 1.11 bits per heavy atom. The van der Waals surface area contributed by atoms with E-state index in [0.29, 0.717) is 19.5 Å². The molecule has 0 unspecified atom stereocenters. The maximum absolute atomic E-state index is 12.0. The number of amides is 2. The van der Waals surface area contributed by atoms with E-state index in [9.17, 15) is 9.59 Å². The number of aromatic nitrogens is 1. The lowest BCUT2D eigenvalue weighted by molar-refractivity contribution is -0.125. The molecule has 2 fully saturated rings. The van der Waals surface area contributed by atoms with E-state index in [1.165, 1.54) is 0 Å². The normalized spacial score (nSPS) is 18.5. The van der Waals surface area contributed by atoms with Gasteiger partial charge in [0.05, 0.1) is 0 Å². The first-order valence-corrected chi connectivity index (χ1v) is 10.0. The molecule has 1 aromatic heterocycles. The first kappa shape index (κ1) is 19.6. The van der Waals surface area contributed by atoms with Crippen LogP contribution in [0.2, 0.25) is 0 Å². The summed E-state index contributed by atoms with van der Waals surface area (Å²) in [6.45, 7) is 4.96. The predicted molar refractivity (Wildman–Crippen MR) is 105 cm³/mol. The fourth-order valence-electron chi connectivity index (χ4n) is 3.66. The number of hydrogen-bond acceptors (Lipinski definition) is 5. The molecule has 3 rings (SSSR count). The highest BCUT2D eigenvalue weighted by Crippen LogP contribution is 2.24. The minimum Gasteiger partial charge on any atom is -0.355 e. The monoisotopic (exact) mass is 373 g/mol. The van der Waals surface area contributed by atoms with Crippen LogP contribution in [-0.4, -0.2) is 61.5 Å². The smallest absolute Gasteiger partial charge is 0.223 e. The number of nitrogens with one attached hydrogen (secondary N) is 2. The molecule has 1 aliphatic heterocycles. The fourth-order valence-corrected chi connectivity index (χ4v) is 3.66. The Hall–Kier alpha value is -2.15. The van der Waals surface area contributed by atoms with Gasteiger partial charge in [0.25, 0.3) is 0 Å². The summed E-state index contributed by atoms with van der Waals surface area (Å²) in [5.41, 5.74) is 0.983. The minimum atomic E-state index is -0.0510. The van der Waals surface area contributed by atoms with Gasteiger partial charge in [-0.05, 0) is 31.5 Å². The molecule has 7 heteroatoms. The maximum atomic E-state index is 12.0. The molecule has 2 N–H and O–H groups in total. The van der Waals surface area contributed by atoms with Crippen LogP contribution < -0.4 is 15.5 Å². The Labute approximate surface area is 161 Å². The van der Waals surface area contributed by atoms with Crippen molar-refractivity contribution in [2.45, 2.75) is 38.6 Å². The maximum Gasteiger partial charge on any atom is 0.223 e. The highest BCUT2D eigenvalue weighted by molar-refractivity contribution is 5.80. The van der Waals surface area contributed by atoms with E-state index >= 15 is 0 Å². The molecule has 0 atom stereocenters. The molecule has 2 aliphatic rings. The Morgan fingerprint density at radius 2 is 1.85 bits per heavy atom. The molecule has 1 aromatic rings. The van der Waals surface area contributed by atoms with Crippen molar-refractivity contribution in [1.29, 1.82) is 0 Å². The lowest BCUT2D eigenvalue weighted by atomic mass is 10.1. The Bertz CT molecular complexity index is 620. The summed E-state index contributed by atoms with van der Waals surface area (Å²) in [5.74, 6) is 1.19. The molecule has 2 heterocycles. The third kappa shape index (κ3) is 5.92. The zero-order chi connectivity index (χ0) is 19.1. The highest BCUT2D eigenvalue weighted by atomic mass is 16.2. The van der Waals surface area contributed by atoms with Gasteiger partial charge in [-0.2, -0.15) is 0 Å². The summed E-state index contributed by atoms with van der Waals surface area (Å²) < 4.78 is 0. The van der Waals surface area contributed by atoms with Gasteiger partial charge in [0.1, 0.15) is 5.82 Å². The van der Waals surface area contributed by atoms with Crippen molar-refractivity contribution in [3.63, 3.8) is 0 Å². The average Bonchev–Trinajstić information content (AvgIpc) is 3.22. The van der Waals surface area contributed by atoms with Crippen molar-refractivity contribution < 1.29 is 9.59 Å². The highest BCUT2D eigenvalue weighted by Gasteiger charge is 2.22. The summed E-state index contributed by atoms with van der Waals surface area (Å²) in [7, 11) is 2.14. The summed E-state index contributed by atoms with van der Waals surface area (Å²) in [6, 6.07) is 4.04. The van der Waals surface area contributed by atoms with Crippen molar-refractivity contribution in [1.82, 2.24) is 20.5 Å². The number of carbonyl (C=O) groups is 2. The summed E-state index contributed by atoms with van der Waals surface area (Å²) in [4.78, 5) is 33.0. The number of likely N-dealkylation sites (N-methyl/N-ethyl adjacent to an activating group) is 1. The number of rotatable bonds is 7. The molecule has 0 spiro atoms. The Kier molecular flexibility index (Phi) is 7.04. The predicted octanol–water partition coefficient (Wildman–Crippen LogP) is 1.15. The lowest BCUT2D eigenvalue weighted by Gasteiger charge is -2.33. The zero-order valence-electron chi connectivity index (χ0n) is 16.2. The van der Waals surface area contributed by atoms with Crippen LogP contribution in [0.5, 0.6) is 0 Å². The van der Waals surface area contributed by atoms with Crippen molar-refractivity contribution in [2.75, 3.05) is 44.7 Å². The van der Waals surface area contributed by atoms with Crippen LogP contribution in [0, 0.1) is 5.92 Å². The Balaban J connectivity index is 1.34. The van der Waals surface area contributed by atoms with Crippen molar-refractivity contribution >= 4 is 17.6 Å². The number of carbonyl (C=O) groups excluding carboxylic acids is 2. The molecule has 0 bridgehead atoms. The molecule has 0 aromatic carbocycles. The minimum absolute atomic E-state index is 0.0510. The van der Waals surface area contributed by atoms with E-state index in [0.717, 1.165) is 63.2 Å². The van der Waals surface area contributed by atoms with Crippen LogP contribution in [-0.2, 0) is 16.1 Å². The van der Waals surface area contributed by atoms with Crippen LogP contribution in [0.4, 0.5) is 5.82 Å². The number of anilines is 1. The third-order valence-electron chi connectivity index (χ3n) is 5.50. The molecule has 148 valence electrons. The van der Waals surface area contributed by atoms with E-state index in [1.54, 1.807) is 0 Å². The van der Waals surface area contributed by atoms with Crippen LogP contribution in [0.3, 0.4) is 0 Å². The van der Waals surface area contributed by atoms with Gasteiger partial charge in [-0.15, -0.1) is 0 Å². The first-order valence-electron chi connectivity index (χ1n) is 10.0. The van der Waals surface area contributed by atoms with Gasteiger partial charge in [0, 0.05) is 57.8 Å². The topological polar surface area (TPSA) is 77.6 Å². The molecule has 0 radical (unpaired) electrons. The molecule has 1 aliphatic carbocycles. The molecule has 2 amide bonds. The summed E-state index contributed by atoms with van der Waals surface area (Å²) in [6.07, 6.45) is 6.38. The van der Waals surface area contributed by atoms with Gasteiger partial charge in [0.15, 0.2) is 0 Å². The van der Waals surface area contributed by atoms with Crippen LogP contribution in [0.1, 0.15) is 37.7 Å². The van der Waals surface area contributed by atoms with Gasteiger partial charge >= 0.3 is 0 Å². The van der Waals surface area contributed by atoms with Gasteiger partial charge < -0.3 is 20.4 Å². The van der Waals surface area contributed by atoms with Crippen molar-refractivity contribution in [3.05, 3.63) is 23.9 Å². The van der Waals surface area contributed by atoms with E-state index in [-0.39, 0.29) is 17.7 Å². The standard InChI is InChI=1S/C20H31N5O2/c1-24-10-12-25(13-11-24)18-7-6-16(14-22-18)15-23-19(26)8-9-21-20(27)17-4-2-3-5-17/h6-7,14,17H,2-5,8-13,15H2,1H3,(H,21,27)(H,23,26). The second-order valence-corrected chi connectivity index (χ2v) is 7.61. The van der Waals surface area contributed by atoms with Crippen LogP contribution in [0.15, 0.2) is 18.3 Å². The number of hydrogen-bond donors (Lipinski definition) is 2. The molecule has 27 heavy (non-hydrogen) atoms. The second kappa shape index (κ2) is 9.69. The molecule has 1 saturated heterocycles. The zero-order valence-corrected chi connectivity index (χ0v) is 16.2. The molecular formula is C20H31N5O2. The quantitative estimate of drug-likeness (QED) is 0.750. The third-order valence-corrected chi connectivity index (χ3v) is 5.50. The Morgan fingerprint density at radius 3 is 2.52 bits per heavy atom. The molecule has 7 nitrogen and oxygen atoms in total. The van der Waals surface area contributed by atoms with Crippen LogP contribution >= 0.6 is 0 Å². The van der Waals surface area contributed by atoms with Crippen LogP contribution in [0.25, 0.3) is 0 Å². The molecular weight excluding hydrogens is 342 g/mol. The van der Waals surface area contributed by atoms with E-state index in [1.807, 2.05) is 18.3 Å². The summed E-state index contributed by atoms with van der Waals surface area (Å²) in [5, 5.41) is 5.78. The largest absolute Gasteiger partial charge is 0.355 e. The second-order valence-electron chi connectivity index (χ2n) is 7.61. The van der Waals surface area contributed by atoms with Gasteiger partial charge in [-0.1, -0.05) is 18.9 Å². The van der Waals surface area contributed by atoms with E-state index in [4.69, 9.17) is 0 Å². The van der Waals surface area contributed by atoms with Gasteiger partial charge in [0.2, 0.25) is 11.8 Å². The van der Waals surface area contributed by atoms with Gasteiger partial charge in [-0.25, -0.2) is 4.98 Å². The first-order chi connectivity index (χ1) is 13.1. The molecule has 1 saturated carbocycles. The number of nitrogens with zero attached hydrogens (tertiary/aromatic N) is 3. The van der Waals surface area contributed by atoms with Gasteiger partial charge in [-0.3, -0.25) is 9.59 Å². The number of piperazine rings is 1. The SMILES string of the molecule is CN1CCN(c2ccc(CNC(=O)CCNC(=O)C3CCCC3)cn2)CC1.